The van der Waals surface area contributed by atoms with Gasteiger partial charge in [0.25, 0.3) is 0 Å². The summed E-state index contributed by atoms with van der Waals surface area (Å²) < 4.78 is 23.3. The summed E-state index contributed by atoms with van der Waals surface area (Å²) in [7, 11) is -2.90. The minimum Gasteiger partial charge on any atom is -0.326 e. The quantitative estimate of drug-likeness (QED) is 0.928. The summed E-state index contributed by atoms with van der Waals surface area (Å²) in [6, 6.07) is 8.22. The lowest BCUT2D eigenvalue weighted by molar-refractivity contribution is 0.495. The fourth-order valence-electron chi connectivity index (χ4n) is 2.54. The van der Waals surface area contributed by atoms with E-state index in [-0.39, 0.29) is 5.25 Å². The minimum atomic E-state index is -2.90. The van der Waals surface area contributed by atoms with Gasteiger partial charge in [-0.25, -0.2) is 8.42 Å². The highest BCUT2D eigenvalue weighted by molar-refractivity contribution is 8.00. The molecule has 2 unspecified atom stereocenters. The molecule has 2 rings (SSSR count). The average Bonchev–Trinajstić information content (AvgIpc) is 2.38. The molecule has 2 atom stereocenters. The molecule has 3 nitrogen and oxygen atoms in total. The first kappa shape index (κ1) is 14.9. The Kier molecular flexibility index (Phi) is 4.92. The van der Waals surface area contributed by atoms with E-state index < -0.39 is 9.84 Å². The molecular formula is C14H21NO2S2. The largest absolute Gasteiger partial charge is 0.326 e. The molecule has 1 aliphatic rings. The van der Waals surface area contributed by atoms with E-state index in [1.807, 2.05) is 12.1 Å². The third-order valence-electron chi connectivity index (χ3n) is 3.62. The lowest BCUT2D eigenvalue weighted by atomic mass is 10.00. The zero-order valence-corrected chi connectivity index (χ0v) is 12.8. The van der Waals surface area contributed by atoms with E-state index in [1.54, 1.807) is 11.8 Å². The number of nitrogens with two attached hydrogens (primary N) is 1. The fraction of sp³-hybridized carbons (Fsp3) is 0.571. The monoisotopic (exact) mass is 299 g/mol. The van der Waals surface area contributed by atoms with Crippen LogP contribution in [-0.4, -0.2) is 25.2 Å². The maximum absolute atomic E-state index is 11.7. The molecule has 0 aliphatic heterocycles. The van der Waals surface area contributed by atoms with Gasteiger partial charge in [-0.2, -0.15) is 0 Å². The van der Waals surface area contributed by atoms with Gasteiger partial charge >= 0.3 is 0 Å². The smallest absolute Gasteiger partial charge is 0.150 e. The van der Waals surface area contributed by atoms with Crippen LogP contribution in [0.5, 0.6) is 0 Å². The zero-order chi connectivity index (χ0) is 13.9. The number of benzene rings is 1. The van der Waals surface area contributed by atoms with E-state index in [0.717, 1.165) is 31.2 Å². The van der Waals surface area contributed by atoms with Crippen LogP contribution in [0.15, 0.2) is 29.2 Å². The van der Waals surface area contributed by atoms with Crippen molar-refractivity contribution in [3.8, 4) is 0 Å². The predicted octanol–water partition coefficient (Wildman–Crippen LogP) is 2.59. The molecule has 19 heavy (non-hydrogen) atoms. The van der Waals surface area contributed by atoms with Gasteiger partial charge in [0.15, 0.2) is 0 Å². The molecule has 1 saturated carbocycles. The molecule has 2 N–H and O–H groups in total. The lowest BCUT2D eigenvalue weighted by Gasteiger charge is -2.27. The van der Waals surface area contributed by atoms with Gasteiger partial charge in [0, 0.05) is 22.9 Å². The first-order valence-electron chi connectivity index (χ1n) is 6.63. The standard InChI is InChI=1S/C14H21NO2S2/c1-19(16,17)14-7-3-6-13(9-14)18-12-5-2-4-11(8-12)10-15/h2,4-5,8,13-14H,3,6-7,9-10,15H2,1H3. The molecular weight excluding hydrogens is 278 g/mol. The summed E-state index contributed by atoms with van der Waals surface area (Å²) in [5.41, 5.74) is 6.77. The van der Waals surface area contributed by atoms with Crippen LogP contribution in [0.1, 0.15) is 31.2 Å². The number of hydrogen-bond donors (Lipinski definition) is 1. The summed E-state index contributed by atoms with van der Waals surface area (Å²) in [4.78, 5) is 1.20. The summed E-state index contributed by atoms with van der Waals surface area (Å²) in [5.74, 6) is 0. The van der Waals surface area contributed by atoms with Gasteiger partial charge in [0.05, 0.1) is 5.25 Å². The molecule has 0 spiro atoms. The summed E-state index contributed by atoms with van der Waals surface area (Å²) in [6.45, 7) is 0.547. The first-order chi connectivity index (χ1) is 8.99. The second kappa shape index (κ2) is 6.29. The van der Waals surface area contributed by atoms with Gasteiger partial charge in [0.1, 0.15) is 9.84 Å². The second-order valence-electron chi connectivity index (χ2n) is 5.21. The van der Waals surface area contributed by atoms with Crippen molar-refractivity contribution in [3.05, 3.63) is 29.8 Å². The van der Waals surface area contributed by atoms with Crippen LogP contribution < -0.4 is 5.73 Å². The topological polar surface area (TPSA) is 60.2 Å². The Labute approximate surface area is 119 Å². The number of rotatable bonds is 4. The molecule has 1 aromatic rings. The molecule has 0 saturated heterocycles. The molecule has 5 heteroatoms. The van der Waals surface area contributed by atoms with E-state index in [1.165, 1.54) is 11.2 Å². The summed E-state index contributed by atoms with van der Waals surface area (Å²) in [6.07, 6.45) is 5.06. The normalized spacial score (nSPS) is 24.3. The van der Waals surface area contributed by atoms with Crippen LogP contribution >= 0.6 is 11.8 Å². The van der Waals surface area contributed by atoms with Crippen LogP contribution in [-0.2, 0) is 16.4 Å². The third-order valence-corrected chi connectivity index (χ3v) is 6.55. The zero-order valence-electron chi connectivity index (χ0n) is 11.2. The van der Waals surface area contributed by atoms with E-state index in [2.05, 4.69) is 12.1 Å². The highest BCUT2D eigenvalue weighted by Gasteiger charge is 2.29. The van der Waals surface area contributed by atoms with Gasteiger partial charge in [-0.3, -0.25) is 0 Å². The maximum Gasteiger partial charge on any atom is 0.150 e. The Morgan fingerprint density at radius 3 is 2.84 bits per heavy atom. The summed E-state index contributed by atoms with van der Waals surface area (Å²) >= 11 is 1.79. The molecule has 106 valence electrons. The predicted molar refractivity (Wildman–Crippen MR) is 81.1 cm³/mol. The maximum atomic E-state index is 11.7. The lowest BCUT2D eigenvalue weighted by Crippen LogP contribution is -2.28. The SMILES string of the molecule is CS(=O)(=O)C1CCCC(Sc2cccc(CN)c2)C1. The minimum absolute atomic E-state index is 0.156. The van der Waals surface area contributed by atoms with Crippen molar-refractivity contribution in [3.63, 3.8) is 0 Å². The number of sulfone groups is 1. The molecule has 0 radical (unpaired) electrons. The fourth-order valence-corrected chi connectivity index (χ4v) is 5.21. The Morgan fingerprint density at radius 1 is 1.37 bits per heavy atom. The molecule has 0 amide bonds. The summed E-state index contributed by atoms with van der Waals surface area (Å²) in [5, 5.41) is 0.248. The Balaban J connectivity index is 2.02. The van der Waals surface area contributed by atoms with Crippen LogP contribution in [0.25, 0.3) is 0 Å². The average molecular weight is 299 g/mol. The highest BCUT2D eigenvalue weighted by atomic mass is 32.2. The van der Waals surface area contributed by atoms with Crippen LogP contribution in [0, 0.1) is 0 Å². The van der Waals surface area contributed by atoms with Crippen molar-refractivity contribution in [2.45, 2.75) is 47.6 Å². The first-order valence-corrected chi connectivity index (χ1v) is 9.47. The van der Waals surface area contributed by atoms with Gasteiger partial charge in [-0.15, -0.1) is 11.8 Å². The van der Waals surface area contributed by atoms with Crippen LogP contribution in [0.4, 0.5) is 0 Å². The number of thioether (sulfide) groups is 1. The van der Waals surface area contributed by atoms with Crippen molar-refractivity contribution >= 4 is 21.6 Å². The van der Waals surface area contributed by atoms with Gasteiger partial charge in [-0.05, 0) is 37.0 Å². The van der Waals surface area contributed by atoms with Gasteiger partial charge in [-0.1, -0.05) is 18.6 Å². The third kappa shape index (κ3) is 4.23. The van der Waals surface area contributed by atoms with Crippen molar-refractivity contribution in [1.29, 1.82) is 0 Å². The van der Waals surface area contributed by atoms with Crippen molar-refractivity contribution in [2.75, 3.05) is 6.26 Å². The Bertz CT molecular complexity index is 528. The molecule has 0 bridgehead atoms. The van der Waals surface area contributed by atoms with Crippen molar-refractivity contribution < 1.29 is 8.42 Å². The van der Waals surface area contributed by atoms with Crippen LogP contribution in [0.2, 0.25) is 0 Å². The Hall–Kier alpha value is -0.520. The Morgan fingerprint density at radius 2 is 2.16 bits per heavy atom. The van der Waals surface area contributed by atoms with Crippen molar-refractivity contribution in [2.24, 2.45) is 5.73 Å². The molecule has 1 aliphatic carbocycles. The van der Waals surface area contributed by atoms with Crippen molar-refractivity contribution in [1.82, 2.24) is 0 Å². The molecule has 1 fully saturated rings. The molecule has 0 aromatic heterocycles. The highest BCUT2D eigenvalue weighted by Crippen LogP contribution is 2.35. The van der Waals surface area contributed by atoms with Crippen LogP contribution in [0.3, 0.4) is 0 Å². The molecule has 1 aromatic carbocycles. The van der Waals surface area contributed by atoms with E-state index in [0.29, 0.717) is 11.8 Å². The van der Waals surface area contributed by atoms with Gasteiger partial charge in [0.2, 0.25) is 0 Å². The second-order valence-corrected chi connectivity index (χ2v) is 8.91. The van der Waals surface area contributed by atoms with E-state index in [4.69, 9.17) is 5.73 Å². The number of hydrogen-bond acceptors (Lipinski definition) is 4. The van der Waals surface area contributed by atoms with Gasteiger partial charge < -0.3 is 5.73 Å². The molecule has 0 heterocycles. The van der Waals surface area contributed by atoms with E-state index in [9.17, 15) is 8.42 Å². The van der Waals surface area contributed by atoms with E-state index >= 15 is 0 Å².